The first kappa shape index (κ1) is 8.82. The Hall–Kier alpha value is -0.760. The molecule has 2 heteroatoms. The van der Waals surface area contributed by atoms with Crippen molar-refractivity contribution in [1.82, 2.24) is 0 Å². The van der Waals surface area contributed by atoms with E-state index in [1.807, 2.05) is 0 Å². The lowest BCUT2D eigenvalue weighted by Crippen LogP contribution is -2.43. The molecule has 2 bridgehead atoms. The third-order valence-electron chi connectivity index (χ3n) is 3.55. The summed E-state index contributed by atoms with van der Waals surface area (Å²) in [5, 5.41) is 0. The van der Waals surface area contributed by atoms with Gasteiger partial charge in [0.25, 0.3) is 0 Å². The summed E-state index contributed by atoms with van der Waals surface area (Å²) in [6, 6.07) is 0. The van der Waals surface area contributed by atoms with Crippen molar-refractivity contribution in [2.24, 2.45) is 17.4 Å². The summed E-state index contributed by atoms with van der Waals surface area (Å²) in [6.07, 6.45) is 5.34. The second-order valence-corrected chi connectivity index (χ2v) is 4.11. The average molecular weight is 178 g/mol. The second kappa shape index (κ2) is 2.61. The Bertz CT molecular complexity index is 301. The predicted molar refractivity (Wildman–Crippen MR) is 54.9 cm³/mol. The Kier molecular flexibility index (Phi) is 1.77. The highest BCUT2D eigenvalue weighted by Crippen LogP contribution is 2.49. The van der Waals surface area contributed by atoms with E-state index in [-0.39, 0.29) is 5.54 Å². The average Bonchev–Trinajstić information content (AvgIpc) is 2.53. The van der Waals surface area contributed by atoms with E-state index < -0.39 is 0 Å². The van der Waals surface area contributed by atoms with Gasteiger partial charge in [-0.25, -0.2) is 0 Å². The minimum absolute atomic E-state index is 0.273. The lowest BCUT2D eigenvalue weighted by molar-refractivity contribution is 0.559. The molecule has 0 saturated heterocycles. The Balaban J connectivity index is 2.45. The Morgan fingerprint density at radius 3 is 2.69 bits per heavy atom. The fourth-order valence-electron chi connectivity index (χ4n) is 2.94. The van der Waals surface area contributed by atoms with E-state index >= 15 is 0 Å². The molecule has 0 saturated carbocycles. The minimum atomic E-state index is -0.273. The van der Waals surface area contributed by atoms with Crippen LogP contribution in [0.15, 0.2) is 22.9 Å². The van der Waals surface area contributed by atoms with Gasteiger partial charge in [-0.05, 0) is 24.8 Å². The van der Waals surface area contributed by atoms with Crippen LogP contribution in [0.25, 0.3) is 0 Å². The molecular weight excluding hydrogens is 160 g/mol. The molecule has 4 N–H and O–H groups in total. The summed E-state index contributed by atoms with van der Waals surface area (Å²) in [5.41, 5.74) is 15.8. The van der Waals surface area contributed by atoms with E-state index in [0.717, 1.165) is 25.0 Å². The molecule has 0 aliphatic heterocycles. The summed E-state index contributed by atoms with van der Waals surface area (Å²) < 4.78 is 0. The molecule has 0 spiro atoms. The Labute approximate surface area is 79.7 Å². The first-order chi connectivity index (χ1) is 6.13. The van der Waals surface area contributed by atoms with Gasteiger partial charge in [0.15, 0.2) is 0 Å². The summed E-state index contributed by atoms with van der Waals surface area (Å²) in [7, 11) is 0. The molecule has 72 valence electrons. The zero-order valence-electron chi connectivity index (χ0n) is 8.43. The van der Waals surface area contributed by atoms with Crippen LogP contribution in [0.4, 0.5) is 0 Å². The summed E-state index contributed by atoms with van der Waals surface area (Å²) in [5.74, 6) is 0.546. The molecule has 2 aliphatic carbocycles. The first-order valence-electron chi connectivity index (χ1n) is 5.12. The van der Waals surface area contributed by atoms with Crippen molar-refractivity contribution in [3.63, 3.8) is 0 Å². The van der Waals surface area contributed by atoms with Crippen LogP contribution in [-0.2, 0) is 0 Å². The van der Waals surface area contributed by atoms with Crippen LogP contribution in [0.2, 0.25) is 0 Å². The smallest absolute Gasteiger partial charge is 0.0779 e. The van der Waals surface area contributed by atoms with Crippen LogP contribution in [0.1, 0.15) is 33.1 Å². The molecule has 0 amide bonds. The molecule has 2 nitrogen and oxygen atoms in total. The Morgan fingerprint density at radius 2 is 2.15 bits per heavy atom. The van der Waals surface area contributed by atoms with Gasteiger partial charge in [0.1, 0.15) is 0 Å². The SMILES string of the molecule is CCC1=C(CC)C2(N)CC1C=C2N. The lowest BCUT2D eigenvalue weighted by Gasteiger charge is -2.27. The molecular formula is C11H18N2. The molecule has 13 heavy (non-hydrogen) atoms. The highest BCUT2D eigenvalue weighted by molar-refractivity contribution is 5.50. The van der Waals surface area contributed by atoms with Crippen molar-refractivity contribution in [2.75, 3.05) is 0 Å². The highest BCUT2D eigenvalue weighted by Gasteiger charge is 2.47. The number of hydrogen-bond acceptors (Lipinski definition) is 2. The predicted octanol–water partition coefficient (Wildman–Crippen LogP) is 1.68. The van der Waals surface area contributed by atoms with Gasteiger partial charge in [-0.15, -0.1) is 0 Å². The Morgan fingerprint density at radius 1 is 1.46 bits per heavy atom. The van der Waals surface area contributed by atoms with E-state index in [1.54, 1.807) is 5.57 Å². The number of rotatable bonds is 2. The standard InChI is InChI=1S/C11H18N2/c1-3-8-7-5-10(12)11(13,6-7)9(8)4-2/h5,7H,3-4,6,12-13H2,1-2H3. The van der Waals surface area contributed by atoms with Gasteiger partial charge in [-0.1, -0.05) is 25.5 Å². The van der Waals surface area contributed by atoms with Gasteiger partial charge in [-0.2, -0.15) is 0 Å². The van der Waals surface area contributed by atoms with Crippen LogP contribution >= 0.6 is 0 Å². The third kappa shape index (κ3) is 0.923. The molecule has 2 atom stereocenters. The fraction of sp³-hybridized carbons (Fsp3) is 0.636. The fourth-order valence-corrected chi connectivity index (χ4v) is 2.94. The maximum atomic E-state index is 6.31. The first-order valence-corrected chi connectivity index (χ1v) is 5.12. The summed E-state index contributed by atoms with van der Waals surface area (Å²) in [6.45, 7) is 4.38. The van der Waals surface area contributed by atoms with Crippen LogP contribution in [0.5, 0.6) is 0 Å². The normalized spacial score (nSPS) is 37.2. The van der Waals surface area contributed by atoms with Gasteiger partial charge < -0.3 is 11.5 Å². The molecule has 2 rings (SSSR count). The van der Waals surface area contributed by atoms with Crippen molar-refractivity contribution >= 4 is 0 Å². The van der Waals surface area contributed by atoms with E-state index in [0.29, 0.717) is 5.92 Å². The molecule has 0 aromatic heterocycles. The number of allylic oxidation sites excluding steroid dienone is 2. The van der Waals surface area contributed by atoms with E-state index in [2.05, 4.69) is 19.9 Å². The van der Waals surface area contributed by atoms with Crippen molar-refractivity contribution < 1.29 is 0 Å². The monoisotopic (exact) mass is 178 g/mol. The van der Waals surface area contributed by atoms with E-state index in [9.17, 15) is 0 Å². The van der Waals surface area contributed by atoms with Crippen LogP contribution < -0.4 is 11.5 Å². The minimum Gasteiger partial charge on any atom is -0.400 e. The molecule has 2 unspecified atom stereocenters. The largest absolute Gasteiger partial charge is 0.400 e. The number of fused-ring (bicyclic) bond motifs is 2. The molecule has 0 heterocycles. The molecule has 0 aromatic rings. The van der Waals surface area contributed by atoms with Crippen LogP contribution in [0.3, 0.4) is 0 Å². The number of hydrogen-bond donors (Lipinski definition) is 2. The third-order valence-corrected chi connectivity index (χ3v) is 3.55. The molecule has 0 fully saturated rings. The van der Waals surface area contributed by atoms with E-state index in [1.165, 1.54) is 5.57 Å². The van der Waals surface area contributed by atoms with Gasteiger partial charge in [0.2, 0.25) is 0 Å². The van der Waals surface area contributed by atoms with Gasteiger partial charge in [0.05, 0.1) is 5.54 Å². The van der Waals surface area contributed by atoms with Gasteiger partial charge >= 0.3 is 0 Å². The summed E-state index contributed by atoms with van der Waals surface area (Å²) >= 11 is 0. The zero-order chi connectivity index (χ0) is 9.64. The maximum Gasteiger partial charge on any atom is 0.0779 e. The van der Waals surface area contributed by atoms with Crippen molar-refractivity contribution in [3.05, 3.63) is 22.9 Å². The van der Waals surface area contributed by atoms with Crippen molar-refractivity contribution in [1.29, 1.82) is 0 Å². The lowest BCUT2D eigenvalue weighted by atomic mass is 9.86. The molecule has 2 aliphatic rings. The second-order valence-electron chi connectivity index (χ2n) is 4.11. The van der Waals surface area contributed by atoms with Gasteiger partial charge in [0, 0.05) is 11.6 Å². The zero-order valence-corrected chi connectivity index (χ0v) is 8.43. The van der Waals surface area contributed by atoms with Crippen LogP contribution in [0, 0.1) is 5.92 Å². The van der Waals surface area contributed by atoms with Crippen molar-refractivity contribution in [3.8, 4) is 0 Å². The maximum absolute atomic E-state index is 6.31. The van der Waals surface area contributed by atoms with E-state index in [4.69, 9.17) is 11.5 Å². The number of nitrogens with two attached hydrogens (primary N) is 2. The molecule has 0 aromatic carbocycles. The quantitative estimate of drug-likeness (QED) is 0.632. The highest BCUT2D eigenvalue weighted by atomic mass is 14.9. The summed E-state index contributed by atoms with van der Waals surface area (Å²) in [4.78, 5) is 0. The van der Waals surface area contributed by atoms with Crippen LogP contribution in [-0.4, -0.2) is 5.54 Å². The topological polar surface area (TPSA) is 52.0 Å². The molecule has 0 radical (unpaired) electrons. The van der Waals surface area contributed by atoms with Crippen molar-refractivity contribution in [2.45, 2.75) is 38.6 Å². The van der Waals surface area contributed by atoms with Gasteiger partial charge in [-0.3, -0.25) is 0 Å².